The summed E-state index contributed by atoms with van der Waals surface area (Å²) in [5, 5.41) is 3.01. The van der Waals surface area contributed by atoms with Gasteiger partial charge in [0.05, 0.1) is 0 Å². The van der Waals surface area contributed by atoms with Crippen LogP contribution < -0.4 is 10.1 Å². The molecule has 2 atom stereocenters. The van der Waals surface area contributed by atoms with E-state index in [1.165, 1.54) is 6.42 Å². The largest absolute Gasteiger partial charge is 0.484 e. The lowest BCUT2D eigenvalue weighted by Gasteiger charge is -2.38. The maximum absolute atomic E-state index is 13.0. The van der Waals surface area contributed by atoms with Crippen LogP contribution >= 0.6 is 0 Å². The number of nitrogens with zero attached hydrogens (tertiary/aromatic N) is 1. The van der Waals surface area contributed by atoms with Gasteiger partial charge in [0.2, 0.25) is 0 Å². The average Bonchev–Trinajstić information content (AvgIpc) is 2.74. The van der Waals surface area contributed by atoms with Crippen LogP contribution in [0.2, 0.25) is 0 Å². The Bertz CT molecular complexity index is 681. The van der Waals surface area contributed by atoms with Crippen molar-refractivity contribution in [1.82, 2.24) is 4.90 Å². The zero-order valence-electron chi connectivity index (χ0n) is 17.7. The molecule has 160 valence electrons. The summed E-state index contributed by atoms with van der Waals surface area (Å²) in [5.74, 6) is 1.07. The average molecular weight is 403 g/mol. The zero-order valence-corrected chi connectivity index (χ0v) is 17.7. The first-order valence-electron chi connectivity index (χ1n) is 11.0. The van der Waals surface area contributed by atoms with Crippen LogP contribution in [0.15, 0.2) is 24.3 Å². The highest BCUT2D eigenvalue weighted by molar-refractivity contribution is 5.97. The minimum Gasteiger partial charge on any atom is -0.484 e. The molecule has 2 amide bonds. The number of ether oxygens (including phenoxy) is 2. The van der Waals surface area contributed by atoms with Gasteiger partial charge in [0.1, 0.15) is 11.4 Å². The van der Waals surface area contributed by atoms with Gasteiger partial charge in [0, 0.05) is 25.4 Å². The molecule has 29 heavy (non-hydrogen) atoms. The second-order valence-electron chi connectivity index (χ2n) is 8.34. The number of carbonyl (C=O) groups is 2. The van der Waals surface area contributed by atoms with Crippen molar-refractivity contribution in [2.24, 2.45) is 5.92 Å². The van der Waals surface area contributed by atoms with E-state index in [1.54, 1.807) is 12.1 Å². The standard InChI is InChI=1S/C23H34N2O4/c1-3-29-23(13-7-8-18(2)16-23)22(27)24-19-9-11-20(12-10-19)28-17-21(26)25-14-5-4-6-15-25/h9-12,18H,3-8,13-17H2,1-2H3,(H,24,27). The molecule has 0 aromatic heterocycles. The van der Waals surface area contributed by atoms with Crippen LogP contribution in [-0.2, 0) is 14.3 Å². The molecule has 0 bridgehead atoms. The molecule has 1 aliphatic carbocycles. The fourth-order valence-electron chi connectivity index (χ4n) is 4.44. The number of carbonyl (C=O) groups excluding carboxylic acids is 2. The SMILES string of the molecule is CCOC1(C(=O)Nc2ccc(OCC(=O)N3CCCCC3)cc2)CCCC(C)C1. The molecule has 1 saturated carbocycles. The fourth-order valence-corrected chi connectivity index (χ4v) is 4.44. The highest BCUT2D eigenvalue weighted by Gasteiger charge is 2.42. The first-order valence-corrected chi connectivity index (χ1v) is 11.0. The Labute approximate surface area is 173 Å². The molecule has 1 N–H and O–H groups in total. The van der Waals surface area contributed by atoms with E-state index in [-0.39, 0.29) is 18.4 Å². The molecule has 0 radical (unpaired) electrons. The molecule has 2 fully saturated rings. The molecule has 1 aliphatic heterocycles. The second kappa shape index (κ2) is 10.1. The summed E-state index contributed by atoms with van der Waals surface area (Å²) < 4.78 is 11.6. The highest BCUT2D eigenvalue weighted by atomic mass is 16.5. The van der Waals surface area contributed by atoms with E-state index in [9.17, 15) is 9.59 Å². The summed E-state index contributed by atoms with van der Waals surface area (Å²) >= 11 is 0. The van der Waals surface area contributed by atoms with Gasteiger partial charge in [-0.3, -0.25) is 9.59 Å². The van der Waals surface area contributed by atoms with Crippen molar-refractivity contribution < 1.29 is 19.1 Å². The van der Waals surface area contributed by atoms with Crippen LogP contribution in [0.3, 0.4) is 0 Å². The number of likely N-dealkylation sites (tertiary alicyclic amines) is 1. The Kier molecular flexibility index (Phi) is 7.53. The quantitative estimate of drug-likeness (QED) is 0.748. The lowest BCUT2D eigenvalue weighted by atomic mass is 9.78. The van der Waals surface area contributed by atoms with Crippen molar-refractivity contribution in [2.45, 2.75) is 64.4 Å². The predicted molar refractivity (Wildman–Crippen MR) is 113 cm³/mol. The molecule has 6 heteroatoms. The number of hydrogen-bond acceptors (Lipinski definition) is 4. The minimum atomic E-state index is -0.734. The maximum atomic E-state index is 13.0. The van der Waals surface area contributed by atoms with Gasteiger partial charge < -0.3 is 19.7 Å². The van der Waals surface area contributed by atoms with Crippen molar-refractivity contribution in [2.75, 3.05) is 31.6 Å². The number of hydrogen-bond donors (Lipinski definition) is 1. The van der Waals surface area contributed by atoms with Crippen molar-refractivity contribution in [3.63, 3.8) is 0 Å². The Balaban J connectivity index is 1.54. The van der Waals surface area contributed by atoms with E-state index in [1.807, 2.05) is 24.0 Å². The van der Waals surface area contributed by atoms with Gasteiger partial charge in [-0.15, -0.1) is 0 Å². The van der Waals surface area contributed by atoms with Gasteiger partial charge >= 0.3 is 0 Å². The van der Waals surface area contributed by atoms with Crippen molar-refractivity contribution in [1.29, 1.82) is 0 Å². The van der Waals surface area contributed by atoms with Gasteiger partial charge in [-0.2, -0.15) is 0 Å². The number of rotatable bonds is 7. The summed E-state index contributed by atoms with van der Waals surface area (Å²) in [7, 11) is 0. The first kappa shape index (κ1) is 21.6. The van der Waals surface area contributed by atoms with Crippen LogP contribution in [0.5, 0.6) is 5.75 Å². The molecule has 1 heterocycles. The summed E-state index contributed by atoms with van der Waals surface area (Å²) in [6.45, 7) is 6.35. The number of piperidine rings is 1. The number of benzene rings is 1. The van der Waals surface area contributed by atoms with E-state index in [0.717, 1.165) is 51.6 Å². The van der Waals surface area contributed by atoms with Crippen LogP contribution in [0.1, 0.15) is 58.8 Å². The van der Waals surface area contributed by atoms with Crippen LogP contribution in [-0.4, -0.2) is 48.6 Å². The van der Waals surface area contributed by atoms with E-state index < -0.39 is 5.60 Å². The van der Waals surface area contributed by atoms with Crippen LogP contribution in [0.4, 0.5) is 5.69 Å². The van der Waals surface area contributed by atoms with Crippen molar-refractivity contribution >= 4 is 17.5 Å². The third-order valence-electron chi connectivity index (χ3n) is 5.97. The Morgan fingerprint density at radius 1 is 1.14 bits per heavy atom. The molecule has 6 nitrogen and oxygen atoms in total. The normalized spacial score (nSPS) is 24.8. The van der Waals surface area contributed by atoms with Gasteiger partial charge in [0.25, 0.3) is 11.8 Å². The smallest absolute Gasteiger partial charge is 0.260 e. The third kappa shape index (κ3) is 5.72. The fraction of sp³-hybridized carbons (Fsp3) is 0.652. The molecular formula is C23H34N2O4. The van der Waals surface area contributed by atoms with Crippen LogP contribution in [0, 0.1) is 5.92 Å². The van der Waals surface area contributed by atoms with Crippen LogP contribution in [0.25, 0.3) is 0 Å². The maximum Gasteiger partial charge on any atom is 0.260 e. The Hall–Kier alpha value is -2.08. The lowest BCUT2D eigenvalue weighted by molar-refractivity contribution is -0.147. The monoisotopic (exact) mass is 402 g/mol. The summed E-state index contributed by atoms with van der Waals surface area (Å²) in [6, 6.07) is 7.20. The summed E-state index contributed by atoms with van der Waals surface area (Å²) in [6.07, 6.45) is 7.01. The van der Waals surface area contributed by atoms with Gasteiger partial charge in [-0.1, -0.05) is 13.3 Å². The number of anilines is 1. The van der Waals surface area contributed by atoms with Crippen molar-refractivity contribution in [3.05, 3.63) is 24.3 Å². The van der Waals surface area contributed by atoms with Gasteiger partial charge in [-0.05, 0) is 75.6 Å². The molecule has 1 aromatic carbocycles. The second-order valence-corrected chi connectivity index (χ2v) is 8.34. The van der Waals surface area contributed by atoms with Gasteiger partial charge in [-0.25, -0.2) is 0 Å². The third-order valence-corrected chi connectivity index (χ3v) is 5.97. The molecule has 2 aliphatic rings. The van der Waals surface area contributed by atoms with E-state index in [4.69, 9.17) is 9.47 Å². The number of amides is 2. The first-order chi connectivity index (χ1) is 14.0. The molecule has 1 aromatic rings. The highest BCUT2D eigenvalue weighted by Crippen LogP contribution is 2.36. The van der Waals surface area contributed by atoms with Gasteiger partial charge in [0.15, 0.2) is 6.61 Å². The van der Waals surface area contributed by atoms with Crippen molar-refractivity contribution in [3.8, 4) is 5.75 Å². The van der Waals surface area contributed by atoms with E-state index in [0.29, 0.717) is 24.0 Å². The Morgan fingerprint density at radius 2 is 1.86 bits per heavy atom. The topological polar surface area (TPSA) is 67.9 Å². The lowest BCUT2D eigenvalue weighted by Crippen LogP contribution is -2.48. The van der Waals surface area contributed by atoms with E-state index >= 15 is 0 Å². The molecule has 2 unspecified atom stereocenters. The molecule has 3 rings (SSSR count). The zero-order chi connectivity index (χ0) is 20.7. The predicted octanol–water partition coefficient (Wildman–Crippen LogP) is 4.00. The number of nitrogens with one attached hydrogen (secondary N) is 1. The van der Waals surface area contributed by atoms with E-state index in [2.05, 4.69) is 12.2 Å². The molecule has 0 spiro atoms. The summed E-state index contributed by atoms with van der Waals surface area (Å²) in [4.78, 5) is 27.1. The summed E-state index contributed by atoms with van der Waals surface area (Å²) in [5.41, 5.74) is -0.0235. The Morgan fingerprint density at radius 3 is 2.52 bits per heavy atom. The molecular weight excluding hydrogens is 368 g/mol. The minimum absolute atomic E-state index is 0.0344. The molecule has 1 saturated heterocycles.